The molecule has 106 valence electrons. The number of rotatable bonds is 3. The van der Waals surface area contributed by atoms with Gasteiger partial charge in [-0.1, -0.05) is 0 Å². The quantitative estimate of drug-likeness (QED) is 0.900. The zero-order chi connectivity index (χ0) is 14.0. The van der Waals surface area contributed by atoms with Gasteiger partial charge in [0.2, 0.25) is 5.89 Å². The Labute approximate surface area is 112 Å². The molecule has 0 atom stereocenters. The van der Waals surface area contributed by atoms with Gasteiger partial charge in [0.25, 0.3) is 0 Å². The summed E-state index contributed by atoms with van der Waals surface area (Å²) in [5.41, 5.74) is -0.455. The van der Waals surface area contributed by atoms with Gasteiger partial charge in [0.05, 0.1) is 6.20 Å². The lowest BCUT2D eigenvalue weighted by molar-refractivity contribution is -0.00158. The summed E-state index contributed by atoms with van der Waals surface area (Å²) < 4.78 is 10.6. The maximum atomic E-state index is 11.7. The molecule has 1 fully saturated rings. The summed E-state index contributed by atoms with van der Waals surface area (Å²) in [5, 5.41) is 8.85. The monoisotopic (exact) mass is 268 g/mol. The Hall–Kier alpha value is -1.56. The SMILES string of the molecule is CC(C)(C)OC(=O)N1CC(Cc2cnc(CO)o2)C1. The average Bonchev–Trinajstić information content (AvgIpc) is 2.67. The van der Waals surface area contributed by atoms with Crippen LogP contribution >= 0.6 is 0 Å². The average molecular weight is 268 g/mol. The van der Waals surface area contributed by atoms with Gasteiger partial charge in [-0.25, -0.2) is 9.78 Å². The van der Waals surface area contributed by atoms with Crippen molar-refractivity contribution in [2.24, 2.45) is 5.92 Å². The fourth-order valence-corrected chi connectivity index (χ4v) is 1.97. The molecule has 1 amide bonds. The number of aliphatic hydroxyl groups is 1. The summed E-state index contributed by atoms with van der Waals surface area (Å²) in [6.07, 6.45) is 2.09. The second kappa shape index (κ2) is 5.21. The molecular weight excluding hydrogens is 248 g/mol. The second-order valence-corrected chi connectivity index (χ2v) is 5.83. The summed E-state index contributed by atoms with van der Waals surface area (Å²) in [7, 11) is 0. The number of nitrogens with zero attached hydrogens (tertiary/aromatic N) is 2. The topological polar surface area (TPSA) is 75.8 Å². The van der Waals surface area contributed by atoms with Crippen LogP contribution in [0.5, 0.6) is 0 Å². The van der Waals surface area contributed by atoms with Crippen LogP contribution < -0.4 is 0 Å². The van der Waals surface area contributed by atoms with E-state index in [1.165, 1.54) is 0 Å². The summed E-state index contributed by atoms with van der Waals surface area (Å²) >= 11 is 0. The zero-order valence-corrected chi connectivity index (χ0v) is 11.5. The zero-order valence-electron chi connectivity index (χ0n) is 11.5. The molecule has 1 saturated heterocycles. The third kappa shape index (κ3) is 3.70. The molecule has 0 unspecified atom stereocenters. The standard InChI is InChI=1S/C13H20N2O4/c1-13(2,3)19-12(17)15-6-9(7-15)4-10-5-14-11(8-16)18-10/h5,9,16H,4,6-8H2,1-3H3. The molecule has 1 aliphatic rings. The van der Waals surface area contributed by atoms with Gasteiger partial charge in [0.15, 0.2) is 0 Å². The van der Waals surface area contributed by atoms with Crippen LogP contribution in [0.3, 0.4) is 0 Å². The van der Waals surface area contributed by atoms with Crippen molar-refractivity contribution < 1.29 is 19.1 Å². The Kier molecular flexibility index (Phi) is 3.80. The van der Waals surface area contributed by atoms with Crippen molar-refractivity contribution in [3.63, 3.8) is 0 Å². The van der Waals surface area contributed by atoms with E-state index in [2.05, 4.69) is 4.98 Å². The first-order chi connectivity index (χ1) is 8.87. The molecule has 0 radical (unpaired) electrons. The fraction of sp³-hybridized carbons (Fsp3) is 0.692. The smallest absolute Gasteiger partial charge is 0.410 e. The van der Waals surface area contributed by atoms with Gasteiger partial charge in [-0.15, -0.1) is 0 Å². The molecule has 1 aliphatic heterocycles. The Morgan fingerprint density at radius 1 is 1.58 bits per heavy atom. The Morgan fingerprint density at radius 3 is 2.79 bits per heavy atom. The summed E-state index contributed by atoms with van der Waals surface area (Å²) in [6, 6.07) is 0. The lowest BCUT2D eigenvalue weighted by Gasteiger charge is -2.39. The van der Waals surface area contributed by atoms with Crippen LogP contribution in [0.15, 0.2) is 10.6 Å². The fourth-order valence-electron chi connectivity index (χ4n) is 1.97. The molecule has 0 saturated carbocycles. The predicted octanol–water partition coefficient (Wildman–Crippen LogP) is 1.58. The van der Waals surface area contributed by atoms with Gasteiger partial charge in [-0.3, -0.25) is 0 Å². The first-order valence-electron chi connectivity index (χ1n) is 6.40. The van der Waals surface area contributed by atoms with Crippen LogP contribution in [0.2, 0.25) is 0 Å². The minimum absolute atomic E-state index is 0.186. The minimum atomic E-state index is -0.455. The van der Waals surface area contributed by atoms with E-state index in [1.807, 2.05) is 20.8 Å². The minimum Gasteiger partial charge on any atom is -0.444 e. The van der Waals surface area contributed by atoms with E-state index in [9.17, 15) is 4.79 Å². The molecule has 1 aromatic rings. The molecule has 0 aromatic carbocycles. The highest BCUT2D eigenvalue weighted by molar-refractivity contribution is 5.69. The summed E-state index contributed by atoms with van der Waals surface area (Å²) in [5.74, 6) is 1.45. The van der Waals surface area contributed by atoms with E-state index >= 15 is 0 Å². The van der Waals surface area contributed by atoms with Crippen LogP contribution in [0.4, 0.5) is 4.79 Å². The highest BCUT2D eigenvalue weighted by Gasteiger charge is 2.34. The van der Waals surface area contributed by atoms with Crippen molar-refractivity contribution in [3.8, 4) is 0 Å². The number of hydrogen-bond donors (Lipinski definition) is 1. The summed E-state index contributed by atoms with van der Waals surface area (Å²) in [6.45, 7) is 6.72. The molecule has 2 heterocycles. The second-order valence-electron chi connectivity index (χ2n) is 5.83. The van der Waals surface area contributed by atoms with Gasteiger partial charge in [0, 0.05) is 25.4 Å². The predicted molar refractivity (Wildman–Crippen MR) is 67.4 cm³/mol. The third-order valence-electron chi connectivity index (χ3n) is 2.84. The van der Waals surface area contributed by atoms with Crippen LogP contribution in [-0.4, -0.2) is 39.8 Å². The molecule has 0 bridgehead atoms. The van der Waals surface area contributed by atoms with Gasteiger partial charge in [-0.05, 0) is 20.8 Å². The number of aliphatic hydroxyl groups excluding tert-OH is 1. The number of carbonyl (C=O) groups is 1. The van der Waals surface area contributed by atoms with E-state index < -0.39 is 5.60 Å². The Balaban J connectivity index is 1.75. The molecule has 0 spiro atoms. The molecule has 6 heteroatoms. The van der Waals surface area contributed by atoms with Crippen molar-refractivity contribution in [2.75, 3.05) is 13.1 Å². The largest absolute Gasteiger partial charge is 0.444 e. The number of carbonyl (C=O) groups excluding carboxylic acids is 1. The lowest BCUT2D eigenvalue weighted by atomic mass is 9.96. The van der Waals surface area contributed by atoms with E-state index in [0.29, 0.717) is 24.9 Å². The lowest BCUT2D eigenvalue weighted by Crippen LogP contribution is -2.52. The number of aromatic nitrogens is 1. The maximum Gasteiger partial charge on any atom is 0.410 e. The number of ether oxygens (including phenoxy) is 1. The van der Waals surface area contributed by atoms with Crippen LogP contribution in [0, 0.1) is 5.92 Å². The highest BCUT2D eigenvalue weighted by atomic mass is 16.6. The normalized spacial score (nSPS) is 16.3. The number of hydrogen-bond acceptors (Lipinski definition) is 5. The molecule has 0 aliphatic carbocycles. The Bertz CT molecular complexity index is 444. The van der Waals surface area contributed by atoms with Gasteiger partial charge in [-0.2, -0.15) is 0 Å². The first-order valence-corrected chi connectivity index (χ1v) is 6.40. The molecule has 1 N–H and O–H groups in total. The van der Waals surface area contributed by atoms with Crippen LogP contribution in [0.1, 0.15) is 32.4 Å². The maximum absolute atomic E-state index is 11.7. The Morgan fingerprint density at radius 2 is 2.26 bits per heavy atom. The van der Waals surface area contributed by atoms with E-state index in [1.54, 1.807) is 11.1 Å². The van der Waals surface area contributed by atoms with Crippen molar-refractivity contribution in [1.82, 2.24) is 9.88 Å². The molecule has 6 nitrogen and oxygen atoms in total. The first kappa shape index (κ1) is 13.9. The van der Waals surface area contributed by atoms with E-state index in [0.717, 1.165) is 12.2 Å². The molecule has 19 heavy (non-hydrogen) atoms. The number of likely N-dealkylation sites (tertiary alicyclic amines) is 1. The summed E-state index contributed by atoms with van der Waals surface area (Å²) in [4.78, 5) is 17.3. The molecule has 1 aromatic heterocycles. The van der Waals surface area contributed by atoms with Gasteiger partial charge < -0.3 is 19.2 Å². The molecular formula is C13H20N2O4. The van der Waals surface area contributed by atoms with Crippen molar-refractivity contribution in [3.05, 3.63) is 17.8 Å². The van der Waals surface area contributed by atoms with Crippen molar-refractivity contribution >= 4 is 6.09 Å². The van der Waals surface area contributed by atoms with Gasteiger partial charge in [0.1, 0.15) is 18.0 Å². The van der Waals surface area contributed by atoms with Crippen molar-refractivity contribution in [1.29, 1.82) is 0 Å². The van der Waals surface area contributed by atoms with Crippen LogP contribution in [-0.2, 0) is 17.8 Å². The van der Waals surface area contributed by atoms with Crippen molar-refractivity contribution in [2.45, 2.75) is 39.4 Å². The number of amides is 1. The van der Waals surface area contributed by atoms with E-state index in [4.69, 9.17) is 14.3 Å². The third-order valence-corrected chi connectivity index (χ3v) is 2.84. The number of oxazole rings is 1. The van der Waals surface area contributed by atoms with Crippen LogP contribution in [0.25, 0.3) is 0 Å². The highest BCUT2D eigenvalue weighted by Crippen LogP contribution is 2.23. The van der Waals surface area contributed by atoms with E-state index in [-0.39, 0.29) is 12.7 Å². The van der Waals surface area contributed by atoms with Gasteiger partial charge >= 0.3 is 6.09 Å². The molecule has 2 rings (SSSR count).